The van der Waals surface area contributed by atoms with Gasteiger partial charge in [0.15, 0.2) is 0 Å². The first kappa shape index (κ1) is 19.0. The van der Waals surface area contributed by atoms with E-state index in [1.54, 1.807) is 0 Å². The molecule has 3 heteroatoms. The molecule has 22 heavy (non-hydrogen) atoms. The van der Waals surface area contributed by atoms with Crippen LogP contribution >= 0.6 is 0 Å². The quantitative estimate of drug-likeness (QED) is 0.623. The Kier molecular flexibility index (Phi) is 9.93. The highest BCUT2D eigenvalue weighted by Gasteiger charge is 2.21. The minimum absolute atomic E-state index is 0.256. The topological polar surface area (TPSA) is 38.5 Å². The van der Waals surface area contributed by atoms with Gasteiger partial charge in [0.05, 0.1) is 12.6 Å². The number of unbranched alkanes of at least 4 members (excludes halogenated alkanes) is 2. The van der Waals surface area contributed by atoms with Crippen LogP contribution in [0, 0.1) is 0 Å². The molecular weight excluding hydrogens is 272 g/mol. The number of rotatable bonds is 12. The summed E-state index contributed by atoms with van der Waals surface area (Å²) < 4.78 is 5.95. The molecule has 3 nitrogen and oxygen atoms in total. The molecule has 1 aromatic rings. The third-order valence-electron chi connectivity index (χ3n) is 4.00. The van der Waals surface area contributed by atoms with Gasteiger partial charge in [0.2, 0.25) is 0 Å². The van der Waals surface area contributed by atoms with E-state index in [-0.39, 0.29) is 6.04 Å². The third kappa shape index (κ3) is 5.98. The van der Waals surface area contributed by atoms with Crippen molar-refractivity contribution in [1.29, 1.82) is 0 Å². The van der Waals surface area contributed by atoms with Gasteiger partial charge >= 0.3 is 0 Å². The lowest BCUT2D eigenvalue weighted by molar-refractivity contribution is 0.190. The van der Waals surface area contributed by atoms with Crippen LogP contribution in [-0.4, -0.2) is 31.1 Å². The molecule has 1 aromatic carbocycles. The Balaban J connectivity index is 2.93. The summed E-state index contributed by atoms with van der Waals surface area (Å²) in [4.78, 5) is 2.54. The number of para-hydroxylation sites is 1. The van der Waals surface area contributed by atoms with Crippen molar-refractivity contribution in [3.63, 3.8) is 0 Å². The summed E-state index contributed by atoms with van der Waals surface area (Å²) in [6.07, 6.45) is 5.90. The molecule has 2 N–H and O–H groups in total. The lowest BCUT2D eigenvalue weighted by Gasteiger charge is -2.32. The van der Waals surface area contributed by atoms with E-state index in [1.165, 1.54) is 31.2 Å². The molecule has 0 aliphatic carbocycles. The van der Waals surface area contributed by atoms with Crippen molar-refractivity contribution in [3.8, 4) is 5.75 Å². The number of nitrogens with zero attached hydrogens (tertiary/aromatic N) is 1. The van der Waals surface area contributed by atoms with Gasteiger partial charge in [-0.2, -0.15) is 0 Å². The highest BCUT2D eigenvalue weighted by atomic mass is 16.5. The second-order valence-corrected chi connectivity index (χ2v) is 5.88. The van der Waals surface area contributed by atoms with Gasteiger partial charge in [-0.25, -0.2) is 0 Å². The zero-order valence-electron chi connectivity index (χ0n) is 14.7. The smallest absolute Gasteiger partial charge is 0.124 e. The average Bonchev–Trinajstić information content (AvgIpc) is 2.56. The molecule has 0 aromatic heterocycles. The fraction of sp³-hybridized carbons (Fsp3) is 0.684. The molecule has 1 unspecified atom stereocenters. The SMILES string of the molecule is CCCCN(CCCC)C(CN)c1ccccc1OCCC. The molecule has 0 bridgehead atoms. The summed E-state index contributed by atoms with van der Waals surface area (Å²) in [5.41, 5.74) is 7.39. The van der Waals surface area contributed by atoms with Crippen LogP contribution in [0.1, 0.15) is 64.5 Å². The van der Waals surface area contributed by atoms with Crippen molar-refractivity contribution >= 4 is 0 Å². The molecule has 0 heterocycles. The maximum Gasteiger partial charge on any atom is 0.124 e. The molecule has 0 fully saturated rings. The van der Waals surface area contributed by atoms with Gasteiger partial charge in [-0.05, 0) is 38.4 Å². The molecule has 126 valence electrons. The molecule has 1 atom stereocenters. The minimum Gasteiger partial charge on any atom is -0.493 e. The summed E-state index contributed by atoms with van der Waals surface area (Å²) in [7, 11) is 0. The number of hydrogen-bond donors (Lipinski definition) is 1. The summed E-state index contributed by atoms with van der Waals surface area (Å²) in [6.45, 7) is 10.2. The average molecular weight is 306 g/mol. The molecule has 0 radical (unpaired) electrons. The Morgan fingerprint density at radius 1 is 1.00 bits per heavy atom. The largest absolute Gasteiger partial charge is 0.493 e. The van der Waals surface area contributed by atoms with Gasteiger partial charge in [-0.15, -0.1) is 0 Å². The standard InChI is InChI=1S/C19H34N2O/c1-4-7-13-21(14-8-5-2)18(16-20)17-11-9-10-12-19(17)22-15-6-3/h9-12,18H,4-8,13-16,20H2,1-3H3. The highest BCUT2D eigenvalue weighted by molar-refractivity contribution is 5.36. The number of hydrogen-bond acceptors (Lipinski definition) is 3. The fourth-order valence-corrected chi connectivity index (χ4v) is 2.72. The van der Waals surface area contributed by atoms with Crippen molar-refractivity contribution in [2.45, 2.75) is 58.9 Å². The number of benzene rings is 1. The van der Waals surface area contributed by atoms with Crippen molar-refractivity contribution in [2.24, 2.45) is 5.73 Å². The van der Waals surface area contributed by atoms with Crippen molar-refractivity contribution in [3.05, 3.63) is 29.8 Å². The van der Waals surface area contributed by atoms with Crippen LogP contribution in [0.3, 0.4) is 0 Å². The van der Waals surface area contributed by atoms with Crippen LogP contribution in [0.25, 0.3) is 0 Å². The Morgan fingerprint density at radius 3 is 2.18 bits per heavy atom. The predicted octanol–water partition coefficient (Wildman–Crippen LogP) is 4.38. The van der Waals surface area contributed by atoms with Crippen molar-refractivity contribution < 1.29 is 4.74 Å². The van der Waals surface area contributed by atoms with Crippen LogP contribution in [0.15, 0.2) is 24.3 Å². The van der Waals surface area contributed by atoms with Crippen LogP contribution in [0.5, 0.6) is 5.75 Å². The zero-order valence-corrected chi connectivity index (χ0v) is 14.7. The van der Waals surface area contributed by atoms with Gasteiger partial charge in [-0.3, -0.25) is 4.90 Å². The zero-order chi connectivity index (χ0) is 16.2. The van der Waals surface area contributed by atoms with E-state index in [0.29, 0.717) is 6.54 Å². The first-order valence-electron chi connectivity index (χ1n) is 8.94. The first-order valence-corrected chi connectivity index (χ1v) is 8.94. The van der Waals surface area contributed by atoms with E-state index in [9.17, 15) is 0 Å². The van der Waals surface area contributed by atoms with E-state index in [2.05, 4.69) is 43.9 Å². The predicted molar refractivity (Wildman–Crippen MR) is 95.4 cm³/mol. The lowest BCUT2D eigenvalue weighted by atomic mass is 10.0. The van der Waals surface area contributed by atoms with E-state index in [0.717, 1.165) is 31.9 Å². The molecule has 0 spiro atoms. The molecule has 0 aliphatic heterocycles. The van der Waals surface area contributed by atoms with Crippen LogP contribution in [0.2, 0.25) is 0 Å². The summed E-state index contributed by atoms with van der Waals surface area (Å²) in [5.74, 6) is 0.998. The maximum absolute atomic E-state index is 6.15. The first-order chi connectivity index (χ1) is 10.8. The Bertz CT molecular complexity index is 387. The summed E-state index contributed by atoms with van der Waals surface area (Å²) >= 11 is 0. The third-order valence-corrected chi connectivity index (χ3v) is 4.00. The number of ether oxygens (including phenoxy) is 1. The van der Waals surface area contributed by atoms with Crippen molar-refractivity contribution in [1.82, 2.24) is 4.90 Å². The van der Waals surface area contributed by atoms with Gasteiger partial charge in [0, 0.05) is 12.1 Å². The van der Waals surface area contributed by atoms with Gasteiger partial charge in [-0.1, -0.05) is 51.8 Å². The van der Waals surface area contributed by atoms with E-state index < -0.39 is 0 Å². The van der Waals surface area contributed by atoms with E-state index >= 15 is 0 Å². The van der Waals surface area contributed by atoms with E-state index in [1.807, 2.05) is 6.07 Å². The lowest BCUT2D eigenvalue weighted by Crippen LogP contribution is -2.35. The second-order valence-electron chi connectivity index (χ2n) is 5.88. The maximum atomic E-state index is 6.15. The summed E-state index contributed by atoms with van der Waals surface area (Å²) in [5, 5.41) is 0. The summed E-state index contributed by atoms with van der Waals surface area (Å²) in [6, 6.07) is 8.64. The fourth-order valence-electron chi connectivity index (χ4n) is 2.72. The molecule has 0 aliphatic rings. The second kappa shape index (κ2) is 11.5. The van der Waals surface area contributed by atoms with Crippen molar-refractivity contribution in [2.75, 3.05) is 26.2 Å². The van der Waals surface area contributed by atoms with E-state index in [4.69, 9.17) is 10.5 Å². The minimum atomic E-state index is 0.256. The van der Waals surface area contributed by atoms with Crippen LogP contribution in [0.4, 0.5) is 0 Å². The van der Waals surface area contributed by atoms with Crippen LogP contribution < -0.4 is 10.5 Å². The Morgan fingerprint density at radius 2 is 1.64 bits per heavy atom. The normalized spacial score (nSPS) is 12.6. The molecule has 0 saturated heterocycles. The Labute approximate surface area is 136 Å². The van der Waals surface area contributed by atoms with Gasteiger partial charge in [0.1, 0.15) is 5.75 Å². The monoisotopic (exact) mass is 306 g/mol. The number of nitrogens with two attached hydrogens (primary N) is 1. The highest BCUT2D eigenvalue weighted by Crippen LogP contribution is 2.29. The van der Waals surface area contributed by atoms with Gasteiger partial charge < -0.3 is 10.5 Å². The van der Waals surface area contributed by atoms with Crippen LogP contribution in [-0.2, 0) is 0 Å². The Hall–Kier alpha value is -1.06. The van der Waals surface area contributed by atoms with Gasteiger partial charge in [0.25, 0.3) is 0 Å². The molecular formula is C19H34N2O. The molecule has 0 amide bonds. The molecule has 0 saturated carbocycles. The molecule has 1 rings (SSSR count).